The van der Waals surface area contributed by atoms with Gasteiger partial charge < -0.3 is 10.5 Å². The van der Waals surface area contributed by atoms with Crippen molar-refractivity contribution in [2.45, 2.75) is 18.9 Å². The second-order valence-electron chi connectivity index (χ2n) is 6.43. The van der Waals surface area contributed by atoms with Gasteiger partial charge in [-0.05, 0) is 58.1 Å². The molecule has 0 spiro atoms. The monoisotopic (exact) mass is 407 g/mol. The third-order valence-electron chi connectivity index (χ3n) is 4.96. The van der Waals surface area contributed by atoms with Crippen molar-refractivity contribution in [3.8, 4) is 0 Å². The van der Waals surface area contributed by atoms with E-state index in [1.807, 2.05) is 6.07 Å². The Bertz CT molecular complexity index is 777. The molecule has 1 atom stereocenters. The van der Waals surface area contributed by atoms with Crippen molar-refractivity contribution in [2.24, 2.45) is 0 Å². The molecule has 0 saturated carbocycles. The predicted octanol–water partition coefficient (Wildman–Crippen LogP) is 2.83. The molecule has 0 unspecified atom stereocenters. The van der Waals surface area contributed by atoms with Crippen LogP contribution in [0.2, 0.25) is 5.02 Å². The normalized spacial score (nSPS) is 21.0. The molecule has 6 heteroatoms. The Balaban J connectivity index is 1.91. The summed E-state index contributed by atoms with van der Waals surface area (Å²) in [6.45, 7) is 3.76. The lowest BCUT2D eigenvalue weighted by atomic mass is 9.96. The Morgan fingerprint density at radius 1 is 1.17 bits per heavy atom. The molecule has 24 heavy (non-hydrogen) atoms. The zero-order chi connectivity index (χ0) is 16.7. The number of hydrogen-bond acceptors (Lipinski definition) is 3. The van der Waals surface area contributed by atoms with Crippen LogP contribution >= 0.6 is 27.5 Å². The molecular formula is C18H19BrClN3O. The fourth-order valence-electron chi connectivity index (χ4n) is 3.88. The standard InChI is InChI=1S/C18H19BrClN3O/c19-14-9-13-2-1-12-10-15(20)3-4-16(12)18(17(13)23(24)11-14)22-7-5-21-6-8-22/h3-4,9-11,18,21H,1-2,5-8H2/t18-/m0/s1. The number of aryl methyl sites for hydroxylation is 2. The lowest BCUT2D eigenvalue weighted by molar-refractivity contribution is -0.617. The highest BCUT2D eigenvalue weighted by Crippen LogP contribution is 2.36. The second-order valence-corrected chi connectivity index (χ2v) is 7.78. The molecule has 1 saturated heterocycles. The summed E-state index contributed by atoms with van der Waals surface area (Å²) >= 11 is 9.70. The molecule has 1 aliphatic heterocycles. The maximum atomic E-state index is 12.8. The Kier molecular flexibility index (Phi) is 4.52. The summed E-state index contributed by atoms with van der Waals surface area (Å²) in [5, 5.41) is 16.9. The van der Waals surface area contributed by atoms with Gasteiger partial charge in [-0.2, -0.15) is 4.73 Å². The zero-order valence-electron chi connectivity index (χ0n) is 13.3. The largest absolute Gasteiger partial charge is 0.618 e. The molecule has 2 aliphatic rings. The summed E-state index contributed by atoms with van der Waals surface area (Å²) in [5.74, 6) is 0. The molecule has 0 amide bonds. The average molecular weight is 409 g/mol. The molecule has 1 aromatic heterocycles. The van der Waals surface area contributed by atoms with E-state index < -0.39 is 0 Å². The Hall–Kier alpha value is -1.14. The zero-order valence-corrected chi connectivity index (χ0v) is 15.6. The molecule has 4 rings (SSSR count). The summed E-state index contributed by atoms with van der Waals surface area (Å²) in [5.41, 5.74) is 4.45. The van der Waals surface area contributed by atoms with Crippen molar-refractivity contribution in [1.82, 2.24) is 10.2 Å². The first-order valence-electron chi connectivity index (χ1n) is 8.28. The highest BCUT2D eigenvalue weighted by atomic mass is 79.9. The number of fused-ring (bicyclic) bond motifs is 2. The van der Waals surface area contributed by atoms with Gasteiger partial charge in [0, 0.05) is 36.8 Å². The van der Waals surface area contributed by atoms with Gasteiger partial charge in [-0.3, -0.25) is 4.90 Å². The number of hydrogen-bond donors (Lipinski definition) is 1. The van der Waals surface area contributed by atoms with Gasteiger partial charge in [-0.15, -0.1) is 0 Å². The quantitative estimate of drug-likeness (QED) is 0.583. The number of aromatic nitrogens is 1. The van der Waals surface area contributed by atoms with Gasteiger partial charge in [0.05, 0.1) is 4.47 Å². The molecule has 2 heterocycles. The molecule has 1 N–H and O–H groups in total. The minimum absolute atomic E-state index is 0.0116. The number of pyridine rings is 1. The summed E-state index contributed by atoms with van der Waals surface area (Å²) in [6.07, 6.45) is 3.38. The molecular weight excluding hydrogens is 390 g/mol. The van der Waals surface area contributed by atoms with Crippen molar-refractivity contribution in [2.75, 3.05) is 26.2 Å². The van der Waals surface area contributed by atoms with E-state index in [2.05, 4.69) is 44.3 Å². The van der Waals surface area contributed by atoms with Crippen molar-refractivity contribution < 1.29 is 4.73 Å². The van der Waals surface area contributed by atoms with Gasteiger partial charge in [0.15, 0.2) is 6.20 Å². The van der Waals surface area contributed by atoms with E-state index in [1.54, 1.807) is 6.20 Å². The van der Waals surface area contributed by atoms with E-state index in [1.165, 1.54) is 11.1 Å². The highest BCUT2D eigenvalue weighted by molar-refractivity contribution is 9.10. The fraction of sp³-hybridized carbons (Fsp3) is 0.389. The van der Waals surface area contributed by atoms with Crippen molar-refractivity contribution in [1.29, 1.82) is 0 Å². The summed E-state index contributed by atoms with van der Waals surface area (Å²) in [7, 11) is 0. The smallest absolute Gasteiger partial charge is 0.217 e. The van der Waals surface area contributed by atoms with Crippen molar-refractivity contribution >= 4 is 27.5 Å². The molecule has 4 nitrogen and oxygen atoms in total. The van der Waals surface area contributed by atoms with Gasteiger partial charge in [0.2, 0.25) is 5.69 Å². The second kappa shape index (κ2) is 6.64. The van der Waals surface area contributed by atoms with Crippen LogP contribution in [0.15, 0.2) is 34.9 Å². The van der Waals surface area contributed by atoms with Gasteiger partial charge in [0.25, 0.3) is 0 Å². The van der Waals surface area contributed by atoms with E-state index in [-0.39, 0.29) is 6.04 Å². The van der Waals surface area contributed by atoms with Gasteiger partial charge in [-0.25, -0.2) is 0 Å². The van der Waals surface area contributed by atoms with Gasteiger partial charge in [0.1, 0.15) is 6.04 Å². The van der Waals surface area contributed by atoms with Crippen LogP contribution in [0.1, 0.15) is 28.4 Å². The van der Waals surface area contributed by atoms with Gasteiger partial charge >= 0.3 is 0 Å². The Morgan fingerprint density at radius 2 is 1.92 bits per heavy atom. The van der Waals surface area contributed by atoms with Crippen LogP contribution in [0.3, 0.4) is 0 Å². The summed E-state index contributed by atoms with van der Waals surface area (Å²) in [6, 6.07) is 8.17. The van der Waals surface area contributed by atoms with Crippen LogP contribution in [0, 0.1) is 5.21 Å². The number of nitrogens with one attached hydrogen (secondary N) is 1. The summed E-state index contributed by atoms with van der Waals surface area (Å²) in [4.78, 5) is 2.41. The van der Waals surface area contributed by atoms with Gasteiger partial charge in [-0.1, -0.05) is 17.7 Å². The van der Waals surface area contributed by atoms with E-state index in [4.69, 9.17) is 11.6 Å². The summed E-state index contributed by atoms with van der Waals surface area (Å²) < 4.78 is 1.88. The lowest BCUT2D eigenvalue weighted by Gasteiger charge is -2.34. The minimum Gasteiger partial charge on any atom is -0.618 e. The SMILES string of the molecule is [O-][n+]1cc(Br)cc2c1[C@@H](N1CCNCC1)c1ccc(Cl)cc1CC2. The number of piperazine rings is 1. The van der Waals surface area contributed by atoms with E-state index in [0.717, 1.165) is 64.5 Å². The van der Waals surface area contributed by atoms with Crippen LogP contribution in [0.5, 0.6) is 0 Å². The maximum absolute atomic E-state index is 12.8. The topological polar surface area (TPSA) is 42.2 Å². The molecule has 1 aliphatic carbocycles. The number of rotatable bonds is 1. The predicted molar refractivity (Wildman–Crippen MR) is 98.2 cm³/mol. The first kappa shape index (κ1) is 16.3. The molecule has 1 aromatic carbocycles. The number of benzene rings is 1. The van der Waals surface area contributed by atoms with Crippen LogP contribution in [0.4, 0.5) is 0 Å². The Labute approximate surface area is 155 Å². The molecule has 0 bridgehead atoms. The third kappa shape index (κ3) is 2.94. The molecule has 126 valence electrons. The fourth-order valence-corrected chi connectivity index (χ4v) is 4.54. The average Bonchev–Trinajstić information content (AvgIpc) is 2.72. The molecule has 1 fully saturated rings. The van der Waals surface area contributed by atoms with Crippen LogP contribution in [-0.2, 0) is 12.8 Å². The van der Waals surface area contributed by atoms with Crippen LogP contribution < -0.4 is 10.0 Å². The number of nitrogens with zero attached hydrogens (tertiary/aromatic N) is 2. The van der Waals surface area contributed by atoms with Crippen molar-refractivity contribution in [3.63, 3.8) is 0 Å². The lowest BCUT2D eigenvalue weighted by Crippen LogP contribution is -2.48. The Morgan fingerprint density at radius 3 is 2.71 bits per heavy atom. The van der Waals surface area contributed by atoms with Crippen LogP contribution in [-0.4, -0.2) is 31.1 Å². The maximum Gasteiger partial charge on any atom is 0.217 e. The number of halogens is 2. The molecule has 2 aromatic rings. The minimum atomic E-state index is -0.0116. The van der Waals surface area contributed by atoms with Crippen LogP contribution in [0.25, 0.3) is 0 Å². The third-order valence-corrected chi connectivity index (χ3v) is 5.63. The molecule has 0 radical (unpaired) electrons. The van der Waals surface area contributed by atoms with Crippen molar-refractivity contribution in [3.05, 3.63) is 67.5 Å². The first-order valence-corrected chi connectivity index (χ1v) is 9.45. The first-order chi connectivity index (χ1) is 11.6. The van der Waals surface area contributed by atoms with E-state index in [9.17, 15) is 5.21 Å². The van der Waals surface area contributed by atoms with E-state index in [0.29, 0.717) is 0 Å². The highest BCUT2D eigenvalue weighted by Gasteiger charge is 2.35. The van der Waals surface area contributed by atoms with E-state index >= 15 is 0 Å².